The molecule has 1 unspecified atom stereocenters. The van der Waals surface area contributed by atoms with Gasteiger partial charge in [-0.25, -0.2) is 8.42 Å². The Hall–Kier alpha value is -1.44. The van der Waals surface area contributed by atoms with Crippen molar-refractivity contribution in [2.45, 2.75) is 69.9 Å². The van der Waals surface area contributed by atoms with E-state index in [1.54, 1.807) is 10.4 Å². The van der Waals surface area contributed by atoms with E-state index < -0.39 is 10.0 Å². The van der Waals surface area contributed by atoms with Gasteiger partial charge in [0.05, 0.1) is 10.9 Å². The summed E-state index contributed by atoms with van der Waals surface area (Å²) < 4.78 is 27.7. The molecule has 1 aromatic rings. The Morgan fingerprint density at radius 2 is 1.79 bits per heavy atom. The van der Waals surface area contributed by atoms with Crippen molar-refractivity contribution in [3.05, 3.63) is 29.3 Å². The molecule has 1 fully saturated rings. The van der Waals surface area contributed by atoms with Crippen LogP contribution in [0.5, 0.6) is 0 Å². The Bertz CT molecular complexity index is 827. The van der Waals surface area contributed by atoms with Crippen LogP contribution in [-0.2, 0) is 27.7 Å². The van der Waals surface area contributed by atoms with E-state index >= 15 is 0 Å². The Morgan fingerprint density at radius 1 is 1.14 bits per heavy atom. The molecule has 1 amide bonds. The summed E-state index contributed by atoms with van der Waals surface area (Å²) in [5, 5.41) is 3.08. The van der Waals surface area contributed by atoms with Crippen LogP contribution in [0.1, 0.15) is 51.7 Å². The molecular weight excluding hydrogens is 374 g/mol. The molecule has 0 bridgehead atoms. The summed E-state index contributed by atoms with van der Waals surface area (Å²) >= 11 is 0. The molecular formula is C21H33N3O3S. The summed E-state index contributed by atoms with van der Waals surface area (Å²) in [7, 11) is -3.48. The normalized spacial score (nSPS) is 20.0. The minimum absolute atomic E-state index is 0.00165. The van der Waals surface area contributed by atoms with Crippen molar-refractivity contribution < 1.29 is 13.2 Å². The topological polar surface area (TPSA) is 69.7 Å². The van der Waals surface area contributed by atoms with E-state index in [4.69, 9.17) is 0 Å². The number of nitrogens with one attached hydrogen (secondary N) is 1. The van der Waals surface area contributed by atoms with Crippen LogP contribution in [0.3, 0.4) is 0 Å². The van der Waals surface area contributed by atoms with Gasteiger partial charge in [-0.2, -0.15) is 4.31 Å². The first-order valence-corrected chi connectivity index (χ1v) is 11.8. The standard InChI is InChI=1S/C21H33N3O3S/c1-5-21(3,4)22-20(25)16(2)23-11-13-24(14-12-23)28(26,27)19-10-9-17-7-6-8-18(17)15-19/h9-10,15-16H,5-8,11-14H2,1-4H3,(H,22,25). The number of carbonyl (C=O) groups excluding carboxylic acids is 1. The molecule has 1 atom stereocenters. The number of amides is 1. The molecule has 1 heterocycles. The number of hydrogen-bond acceptors (Lipinski definition) is 4. The van der Waals surface area contributed by atoms with Gasteiger partial charge in [-0.1, -0.05) is 13.0 Å². The maximum Gasteiger partial charge on any atom is 0.243 e. The Balaban J connectivity index is 1.62. The summed E-state index contributed by atoms with van der Waals surface area (Å²) in [6, 6.07) is 5.30. The number of nitrogens with zero attached hydrogens (tertiary/aromatic N) is 2. The highest BCUT2D eigenvalue weighted by molar-refractivity contribution is 7.89. The van der Waals surface area contributed by atoms with Crippen LogP contribution in [0, 0.1) is 0 Å². The fraction of sp³-hybridized carbons (Fsp3) is 0.667. The minimum Gasteiger partial charge on any atom is -0.350 e. The SMILES string of the molecule is CCC(C)(C)NC(=O)C(C)N1CCN(S(=O)(=O)c2ccc3c(c2)CCC3)CC1. The lowest BCUT2D eigenvalue weighted by Crippen LogP contribution is -2.57. The maximum atomic E-state index is 13.1. The second-order valence-corrected chi connectivity index (χ2v) is 10.6. The first-order valence-electron chi connectivity index (χ1n) is 10.3. The highest BCUT2D eigenvalue weighted by Gasteiger charge is 2.33. The van der Waals surface area contributed by atoms with E-state index in [0.29, 0.717) is 31.1 Å². The zero-order valence-electron chi connectivity index (χ0n) is 17.5. The van der Waals surface area contributed by atoms with Crippen LogP contribution < -0.4 is 5.32 Å². The van der Waals surface area contributed by atoms with Gasteiger partial charge >= 0.3 is 0 Å². The third-order valence-corrected chi connectivity index (χ3v) is 8.15. The molecule has 3 rings (SSSR count). The van der Waals surface area contributed by atoms with E-state index in [1.165, 1.54) is 11.1 Å². The molecule has 0 spiro atoms. The first-order chi connectivity index (χ1) is 13.1. The molecule has 0 saturated carbocycles. The zero-order chi connectivity index (χ0) is 20.5. The first kappa shape index (κ1) is 21.3. The molecule has 1 aliphatic carbocycles. The van der Waals surface area contributed by atoms with Crippen LogP contribution in [0.2, 0.25) is 0 Å². The molecule has 0 aromatic heterocycles. The maximum absolute atomic E-state index is 13.1. The average molecular weight is 408 g/mol. The summed E-state index contributed by atoms with van der Waals surface area (Å²) in [6.45, 7) is 9.91. The van der Waals surface area contributed by atoms with Gasteiger partial charge in [-0.3, -0.25) is 9.69 Å². The van der Waals surface area contributed by atoms with Crippen LogP contribution in [0.4, 0.5) is 0 Å². The van der Waals surface area contributed by atoms with Crippen molar-refractivity contribution in [2.75, 3.05) is 26.2 Å². The van der Waals surface area contributed by atoms with Gasteiger partial charge in [0.1, 0.15) is 0 Å². The number of aryl methyl sites for hydroxylation is 2. The van der Waals surface area contributed by atoms with Gasteiger partial charge in [0.2, 0.25) is 15.9 Å². The van der Waals surface area contributed by atoms with E-state index in [9.17, 15) is 13.2 Å². The molecule has 1 saturated heterocycles. The monoisotopic (exact) mass is 407 g/mol. The molecule has 0 radical (unpaired) electrons. The van der Waals surface area contributed by atoms with Gasteiger partial charge in [0.15, 0.2) is 0 Å². The van der Waals surface area contributed by atoms with Gasteiger partial charge < -0.3 is 5.32 Å². The van der Waals surface area contributed by atoms with Gasteiger partial charge in [0, 0.05) is 31.7 Å². The van der Waals surface area contributed by atoms with Crippen molar-refractivity contribution in [2.24, 2.45) is 0 Å². The number of piperazine rings is 1. The highest BCUT2D eigenvalue weighted by atomic mass is 32.2. The molecule has 1 N–H and O–H groups in total. The van der Waals surface area contributed by atoms with Gasteiger partial charge in [-0.05, 0) is 69.7 Å². The molecule has 7 heteroatoms. The van der Waals surface area contributed by atoms with Crippen LogP contribution in [0.15, 0.2) is 23.1 Å². The minimum atomic E-state index is -3.48. The molecule has 1 aliphatic heterocycles. The molecule has 2 aliphatic rings. The number of carbonyl (C=O) groups is 1. The number of rotatable bonds is 6. The molecule has 156 valence electrons. The third kappa shape index (κ3) is 4.42. The van der Waals surface area contributed by atoms with Gasteiger partial charge in [-0.15, -0.1) is 0 Å². The fourth-order valence-electron chi connectivity index (χ4n) is 3.88. The quantitative estimate of drug-likeness (QED) is 0.785. The number of benzene rings is 1. The number of fused-ring (bicyclic) bond motifs is 1. The van der Waals surface area contributed by atoms with Crippen LogP contribution in [-0.4, -0.2) is 61.3 Å². The third-order valence-electron chi connectivity index (χ3n) is 6.25. The largest absolute Gasteiger partial charge is 0.350 e. The van der Waals surface area contributed by atoms with E-state index in [-0.39, 0.29) is 17.5 Å². The smallest absolute Gasteiger partial charge is 0.243 e. The van der Waals surface area contributed by atoms with Crippen molar-refractivity contribution in [3.8, 4) is 0 Å². The second-order valence-electron chi connectivity index (χ2n) is 8.63. The Labute approximate surface area is 169 Å². The Kier molecular flexibility index (Phi) is 6.17. The molecule has 6 nitrogen and oxygen atoms in total. The van der Waals surface area contributed by atoms with Gasteiger partial charge in [0.25, 0.3) is 0 Å². The number of sulfonamides is 1. The van der Waals surface area contributed by atoms with Crippen molar-refractivity contribution >= 4 is 15.9 Å². The lowest BCUT2D eigenvalue weighted by molar-refractivity contribution is -0.128. The summed E-state index contributed by atoms with van der Waals surface area (Å²) in [5.41, 5.74) is 2.21. The summed E-state index contributed by atoms with van der Waals surface area (Å²) in [5.74, 6) is 0.00165. The predicted molar refractivity (Wildman–Crippen MR) is 111 cm³/mol. The predicted octanol–water partition coefficient (Wildman–Crippen LogP) is 2.17. The van der Waals surface area contributed by atoms with E-state index in [2.05, 4.69) is 10.2 Å². The van der Waals surface area contributed by atoms with Crippen molar-refractivity contribution in [1.29, 1.82) is 0 Å². The fourth-order valence-corrected chi connectivity index (χ4v) is 5.35. The highest BCUT2D eigenvalue weighted by Crippen LogP contribution is 2.27. The summed E-state index contributed by atoms with van der Waals surface area (Å²) in [4.78, 5) is 15.0. The lowest BCUT2D eigenvalue weighted by Gasteiger charge is -2.38. The van der Waals surface area contributed by atoms with Crippen molar-refractivity contribution in [3.63, 3.8) is 0 Å². The van der Waals surface area contributed by atoms with Crippen LogP contribution in [0.25, 0.3) is 0 Å². The molecule has 1 aromatic carbocycles. The second kappa shape index (κ2) is 8.13. The van der Waals surface area contributed by atoms with E-state index in [0.717, 1.165) is 25.7 Å². The Morgan fingerprint density at radius 3 is 2.43 bits per heavy atom. The number of hydrogen-bond donors (Lipinski definition) is 1. The van der Waals surface area contributed by atoms with Crippen LogP contribution >= 0.6 is 0 Å². The van der Waals surface area contributed by atoms with Crippen molar-refractivity contribution in [1.82, 2.24) is 14.5 Å². The zero-order valence-corrected chi connectivity index (χ0v) is 18.3. The lowest BCUT2D eigenvalue weighted by atomic mass is 10.0. The molecule has 28 heavy (non-hydrogen) atoms. The average Bonchev–Trinajstić information content (AvgIpc) is 3.15. The van der Waals surface area contributed by atoms with E-state index in [1.807, 2.05) is 39.8 Å². The summed E-state index contributed by atoms with van der Waals surface area (Å²) in [6.07, 6.45) is 3.97.